The smallest absolute Gasteiger partial charge is 0.408 e. The number of hydrogen-bond donors (Lipinski definition) is 10. The van der Waals surface area contributed by atoms with Gasteiger partial charge in [0.05, 0.1) is 30.4 Å². The molecule has 4 unspecified atom stereocenters. The van der Waals surface area contributed by atoms with Crippen molar-refractivity contribution in [2.24, 2.45) is 5.92 Å². The molecule has 19 atom stereocenters. The molecule has 3 heterocycles. The number of carbonyl (C=O) groups is 4. The summed E-state index contributed by atoms with van der Waals surface area (Å²) in [6.45, 7) is 24.3. The Morgan fingerprint density at radius 3 is 1.41 bits per heavy atom. The molecule has 4 aliphatic rings. The van der Waals surface area contributed by atoms with E-state index in [2.05, 4.69) is 21.3 Å². The fraction of sp³-hybridized carbons (Fsp3) is 0.913. The number of carbonyl (C=O) groups excluding carboxylic acids is 4. The Balaban J connectivity index is 1.74. The summed E-state index contributed by atoms with van der Waals surface area (Å²) < 4.78 is 59.8. The van der Waals surface area contributed by atoms with Gasteiger partial charge >= 0.3 is 24.4 Å². The van der Waals surface area contributed by atoms with Crippen molar-refractivity contribution in [3.05, 3.63) is 0 Å². The molecule has 3 saturated heterocycles. The fourth-order valence-corrected chi connectivity index (χ4v) is 8.39. The molecule has 24 heteroatoms. The van der Waals surface area contributed by atoms with Gasteiger partial charge < -0.3 is 99.3 Å². The van der Waals surface area contributed by atoms with Crippen LogP contribution in [0.25, 0.3) is 0 Å². The van der Waals surface area contributed by atoms with E-state index in [9.17, 15) is 49.8 Å². The molecule has 406 valence electrons. The summed E-state index contributed by atoms with van der Waals surface area (Å²) >= 11 is 0. The van der Waals surface area contributed by atoms with Gasteiger partial charge in [-0.2, -0.15) is 0 Å². The molecular weight excluding hydrogens is 929 g/mol. The van der Waals surface area contributed by atoms with Crippen molar-refractivity contribution < 1.29 is 97.2 Å². The molecule has 0 bridgehead atoms. The SMILES string of the molecule is CC[C@@H]1OC(O[C@H]2[C@@H](O)[C@H](O[C@H]3C(O[C@H]4O[C@H](CNC(=O)OC(C)(C)C)C(O)[C@H](O)[C@H]4C)[C@@H](NC(=O)OC(C)(C)C)C[C@@H](NC(=O)OC(C)(C)C)[C@@H]3O)O[C@@H]2CC)[C@H](NC(=O)OC(C)(C)C)[C@@H](O)C1O. The molecule has 10 N–H and O–H groups in total. The summed E-state index contributed by atoms with van der Waals surface area (Å²) in [6, 6.07) is -3.88. The van der Waals surface area contributed by atoms with Crippen LogP contribution in [0.4, 0.5) is 19.2 Å². The van der Waals surface area contributed by atoms with Crippen LogP contribution in [0.5, 0.6) is 0 Å². The molecular formula is C46H82N4O20. The maximum atomic E-state index is 13.6. The van der Waals surface area contributed by atoms with Gasteiger partial charge in [-0.05, 0) is 102 Å². The van der Waals surface area contributed by atoms with E-state index in [1.54, 1.807) is 96.9 Å². The van der Waals surface area contributed by atoms with Crippen LogP contribution in [0, 0.1) is 5.92 Å². The zero-order valence-electron chi connectivity index (χ0n) is 43.2. The first kappa shape index (κ1) is 59.2. The summed E-state index contributed by atoms with van der Waals surface area (Å²) in [5.41, 5.74) is -3.74. The van der Waals surface area contributed by atoms with Crippen molar-refractivity contribution in [3.63, 3.8) is 0 Å². The van der Waals surface area contributed by atoms with Gasteiger partial charge in [0.2, 0.25) is 0 Å². The van der Waals surface area contributed by atoms with Crippen LogP contribution in [0.2, 0.25) is 0 Å². The molecule has 4 fully saturated rings. The minimum atomic E-state index is -1.73. The van der Waals surface area contributed by atoms with Crippen molar-refractivity contribution in [2.45, 2.75) is 256 Å². The zero-order valence-corrected chi connectivity index (χ0v) is 43.2. The van der Waals surface area contributed by atoms with Crippen molar-refractivity contribution in [1.82, 2.24) is 21.3 Å². The molecule has 0 aromatic heterocycles. The van der Waals surface area contributed by atoms with Crippen LogP contribution in [-0.2, 0) is 47.4 Å². The molecule has 4 amide bonds. The molecule has 0 radical (unpaired) electrons. The first-order chi connectivity index (χ1) is 32.1. The van der Waals surface area contributed by atoms with Crippen molar-refractivity contribution in [1.29, 1.82) is 0 Å². The molecule has 24 nitrogen and oxygen atoms in total. The molecule has 1 saturated carbocycles. The van der Waals surface area contributed by atoms with Gasteiger partial charge in [-0.3, -0.25) is 0 Å². The van der Waals surface area contributed by atoms with Gasteiger partial charge in [0.25, 0.3) is 0 Å². The minimum Gasteiger partial charge on any atom is -0.444 e. The second kappa shape index (κ2) is 23.6. The molecule has 0 spiro atoms. The summed E-state index contributed by atoms with van der Waals surface area (Å²) in [6.07, 6.45) is -25.2. The van der Waals surface area contributed by atoms with Gasteiger partial charge in [0.1, 0.15) is 83.4 Å². The van der Waals surface area contributed by atoms with E-state index in [4.69, 9.17) is 47.4 Å². The molecule has 0 aromatic carbocycles. The molecule has 0 aromatic rings. The second-order valence-corrected chi connectivity index (χ2v) is 22.3. The van der Waals surface area contributed by atoms with E-state index in [-0.39, 0.29) is 25.8 Å². The summed E-state index contributed by atoms with van der Waals surface area (Å²) in [7, 11) is 0. The number of hydrogen-bond acceptors (Lipinski definition) is 20. The Bertz CT molecular complexity index is 1730. The van der Waals surface area contributed by atoms with Crippen molar-refractivity contribution in [3.8, 4) is 0 Å². The first-order valence-electron chi connectivity index (χ1n) is 24.1. The van der Waals surface area contributed by atoms with Crippen LogP contribution in [0.1, 0.15) is 123 Å². The van der Waals surface area contributed by atoms with E-state index >= 15 is 0 Å². The predicted molar refractivity (Wildman–Crippen MR) is 245 cm³/mol. The highest BCUT2D eigenvalue weighted by Gasteiger charge is 2.56. The van der Waals surface area contributed by atoms with Crippen LogP contribution in [0.15, 0.2) is 0 Å². The number of aliphatic hydroxyl groups excluding tert-OH is 6. The standard InChI is InChI=1S/C46H82N4O20/c1-16-23-29(53)31(55)26(50-42(60)70-46(13,14)15)37(61-23)65-34-24(17-2)62-38(32(34)56)66-35-28(52)21(48-40(58)68-44(7,8)9)18-22(49-41(59)69-45(10,11)12)33(35)64-36-20(3)27(51)30(54)25(63-36)19-47-39(57)67-43(4,5)6/h20-38,51-56H,16-19H2,1-15H3,(H,47,57)(H,48,58)(H,49,59)(H,50,60)/t20-,21-,22+,23+,24-,25-,26-,27-,28+,29?,30?,31-,32-,33?,34-,35-,36-,37?,38+/m1/s1. The molecule has 4 rings (SSSR count). The Morgan fingerprint density at radius 2 is 0.900 bits per heavy atom. The fourth-order valence-electron chi connectivity index (χ4n) is 8.39. The van der Waals surface area contributed by atoms with Crippen LogP contribution in [-0.4, -0.2) is 194 Å². The van der Waals surface area contributed by atoms with Gasteiger partial charge in [0, 0.05) is 12.5 Å². The van der Waals surface area contributed by atoms with E-state index in [0.717, 1.165) is 0 Å². The number of aliphatic hydroxyl groups is 6. The third-order valence-electron chi connectivity index (χ3n) is 11.6. The van der Waals surface area contributed by atoms with Crippen molar-refractivity contribution >= 4 is 24.4 Å². The number of alkyl carbamates (subject to hydrolysis) is 4. The third kappa shape index (κ3) is 16.6. The highest BCUT2D eigenvalue weighted by atomic mass is 16.8. The topological polar surface area (TPSA) is 330 Å². The monoisotopic (exact) mass is 1010 g/mol. The molecule has 3 aliphatic heterocycles. The lowest BCUT2D eigenvalue weighted by Crippen LogP contribution is -2.68. The Hall–Kier alpha value is -3.40. The highest BCUT2D eigenvalue weighted by Crippen LogP contribution is 2.37. The van der Waals surface area contributed by atoms with Crippen LogP contribution < -0.4 is 21.3 Å². The lowest BCUT2D eigenvalue weighted by Gasteiger charge is -2.48. The Morgan fingerprint density at radius 1 is 0.471 bits per heavy atom. The predicted octanol–water partition coefficient (Wildman–Crippen LogP) is 1.55. The van der Waals surface area contributed by atoms with Crippen molar-refractivity contribution in [2.75, 3.05) is 6.54 Å². The van der Waals surface area contributed by atoms with E-state index < -0.39 is 163 Å². The average Bonchev–Trinajstić information content (AvgIpc) is 3.49. The highest BCUT2D eigenvalue weighted by molar-refractivity contribution is 5.70. The zero-order chi connectivity index (χ0) is 53.0. The van der Waals surface area contributed by atoms with Crippen LogP contribution in [0.3, 0.4) is 0 Å². The largest absolute Gasteiger partial charge is 0.444 e. The quantitative estimate of drug-likeness (QED) is 0.117. The van der Waals surface area contributed by atoms with Gasteiger partial charge in [0.15, 0.2) is 18.9 Å². The maximum absolute atomic E-state index is 13.6. The normalized spacial score (nSPS) is 37.4. The minimum absolute atomic E-state index is 0.187. The van der Waals surface area contributed by atoms with E-state index in [0.29, 0.717) is 0 Å². The molecule has 70 heavy (non-hydrogen) atoms. The average molecular weight is 1010 g/mol. The number of amides is 4. The first-order valence-corrected chi connectivity index (χ1v) is 24.1. The van der Waals surface area contributed by atoms with Gasteiger partial charge in [-0.15, -0.1) is 0 Å². The van der Waals surface area contributed by atoms with E-state index in [1.165, 1.54) is 6.92 Å². The Kier molecular flexibility index (Phi) is 20.0. The lowest BCUT2D eigenvalue weighted by molar-refractivity contribution is -0.319. The Labute approximate surface area is 410 Å². The number of rotatable bonds is 13. The third-order valence-corrected chi connectivity index (χ3v) is 11.6. The number of nitrogens with one attached hydrogen (secondary N) is 4. The van der Waals surface area contributed by atoms with Gasteiger partial charge in [-0.1, -0.05) is 20.8 Å². The maximum Gasteiger partial charge on any atom is 0.408 e. The second-order valence-electron chi connectivity index (χ2n) is 22.3. The summed E-state index contributed by atoms with van der Waals surface area (Å²) in [4.78, 5) is 52.4. The van der Waals surface area contributed by atoms with Gasteiger partial charge in [-0.25, -0.2) is 19.2 Å². The van der Waals surface area contributed by atoms with Crippen LogP contribution >= 0.6 is 0 Å². The number of ether oxygens (including phenoxy) is 10. The van der Waals surface area contributed by atoms with E-state index in [1.807, 2.05) is 0 Å². The molecule has 1 aliphatic carbocycles. The lowest BCUT2D eigenvalue weighted by atomic mass is 9.83. The summed E-state index contributed by atoms with van der Waals surface area (Å²) in [5, 5.41) is 79.3. The summed E-state index contributed by atoms with van der Waals surface area (Å²) in [5.74, 6) is -1.00.